The van der Waals surface area contributed by atoms with Crippen LogP contribution >= 0.6 is 0 Å². The minimum atomic E-state index is -0.824. The van der Waals surface area contributed by atoms with E-state index in [9.17, 15) is 10.2 Å². The molecular weight excluding hydrogens is 206 g/mol. The van der Waals surface area contributed by atoms with Crippen LogP contribution in [0.5, 0.6) is 11.5 Å². The fourth-order valence-corrected chi connectivity index (χ4v) is 1.73. The highest BCUT2D eigenvalue weighted by atomic mass is 16.5. The summed E-state index contributed by atoms with van der Waals surface area (Å²) in [5, 5.41) is 22.5. The van der Waals surface area contributed by atoms with Crippen LogP contribution in [0.1, 0.15) is 12.5 Å². The van der Waals surface area contributed by atoms with E-state index in [-0.39, 0.29) is 5.75 Å². The Kier molecular flexibility index (Phi) is 4.15. The smallest absolute Gasteiger partial charge is 0.160 e. The number of ether oxygens (including phenoxy) is 1. The Hall–Kier alpha value is -1.26. The minimum absolute atomic E-state index is 0.0975. The fraction of sp³-hybridized carbons (Fsp3) is 0.500. The summed E-state index contributed by atoms with van der Waals surface area (Å²) < 4.78 is 4.95. The van der Waals surface area contributed by atoms with Gasteiger partial charge in [-0.25, -0.2) is 0 Å². The van der Waals surface area contributed by atoms with Gasteiger partial charge in [0.1, 0.15) is 0 Å². The zero-order valence-corrected chi connectivity index (χ0v) is 9.95. The van der Waals surface area contributed by atoms with Crippen molar-refractivity contribution >= 4 is 0 Å². The molecule has 1 aromatic rings. The van der Waals surface area contributed by atoms with Crippen molar-refractivity contribution < 1.29 is 14.9 Å². The molecule has 90 valence electrons. The van der Waals surface area contributed by atoms with E-state index in [0.717, 1.165) is 5.56 Å². The summed E-state index contributed by atoms with van der Waals surface area (Å²) in [4.78, 5) is 0. The maximum absolute atomic E-state index is 10.0. The summed E-state index contributed by atoms with van der Waals surface area (Å²) >= 11 is 0. The van der Waals surface area contributed by atoms with Crippen LogP contribution in [0, 0.1) is 0 Å². The topological polar surface area (TPSA) is 61.7 Å². The third kappa shape index (κ3) is 3.40. The fourth-order valence-electron chi connectivity index (χ4n) is 1.73. The molecule has 0 saturated carbocycles. The summed E-state index contributed by atoms with van der Waals surface area (Å²) in [5.74, 6) is 0.539. The number of methoxy groups -OCH3 is 1. The van der Waals surface area contributed by atoms with Gasteiger partial charge in [-0.05, 0) is 31.7 Å². The van der Waals surface area contributed by atoms with Gasteiger partial charge in [0.05, 0.1) is 12.7 Å². The highest BCUT2D eigenvalue weighted by molar-refractivity contribution is 5.42. The number of phenolic OH excluding ortho intramolecular Hbond substituents is 1. The first-order valence-corrected chi connectivity index (χ1v) is 5.21. The number of aromatic hydroxyl groups is 1. The van der Waals surface area contributed by atoms with Gasteiger partial charge in [-0.15, -0.1) is 0 Å². The molecule has 0 aliphatic carbocycles. The first-order valence-electron chi connectivity index (χ1n) is 5.21. The number of nitrogens with one attached hydrogen (secondary N) is 1. The van der Waals surface area contributed by atoms with Crippen molar-refractivity contribution in [1.82, 2.24) is 5.32 Å². The van der Waals surface area contributed by atoms with E-state index in [1.54, 1.807) is 26.1 Å². The van der Waals surface area contributed by atoms with Gasteiger partial charge in [-0.3, -0.25) is 0 Å². The number of aliphatic hydroxyl groups is 1. The molecule has 0 bridgehead atoms. The van der Waals surface area contributed by atoms with Gasteiger partial charge in [-0.1, -0.05) is 6.07 Å². The van der Waals surface area contributed by atoms with Crippen molar-refractivity contribution in [3.05, 3.63) is 23.8 Å². The quantitative estimate of drug-likeness (QED) is 0.697. The van der Waals surface area contributed by atoms with Crippen LogP contribution in [0.4, 0.5) is 0 Å². The summed E-state index contributed by atoms with van der Waals surface area (Å²) in [5.41, 5.74) is 0.0500. The Morgan fingerprint density at radius 1 is 1.44 bits per heavy atom. The van der Waals surface area contributed by atoms with Crippen molar-refractivity contribution in [3.63, 3.8) is 0 Å². The van der Waals surface area contributed by atoms with Crippen LogP contribution in [0.15, 0.2) is 18.2 Å². The molecule has 0 amide bonds. The van der Waals surface area contributed by atoms with Crippen molar-refractivity contribution in [1.29, 1.82) is 0 Å². The van der Waals surface area contributed by atoms with Gasteiger partial charge < -0.3 is 20.3 Å². The van der Waals surface area contributed by atoms with E-state index < -0.39 is 5.60 Å². The van der Waals surface area contributed by atoms with E-state index in [4.69, 9.17) is 4.74 Å². The Morgan fingerprint density at radius 2 is 2.12 bits per heavy atom. The van der Waals surface area contributed by atoms with E-state index >= 15 is 0 Å². The number of hydrogen-bond acceptors (Lipinski definition) is 4. The largest absolute Gasteiger partial charge is 0.504 e. The van der Waals surface area contributed by atoms with Crippen LogP contribution in [0.25, 0.3) is 0 Å². The van der Waals surface area contributed by atoms with Gasteiger partial charge >= 0.3 is 0 Å². The molecule has 0 heterocycles. The molecule has 0 aliphatic rings. The molecule has 4 heteroatoms. The van der Waals surface area contributed by atoms with Crippen molar-refractivity contribution in [3.8, 4) is 11.5 Å². The minimum Gasteiger partial charge on any atom is -0.504 e. The molecule has 16 heavy (non-hydrogen) atoms. The number of rotatable bonds is 5. The highest BCUT2D eigenvalue weighted by Gasteiger charge is 2.20. The zero-order valence-electron chi connectivity index (χ0n) is 9.95. The SMILES string of the molecule is CNCC(C)(O)Cc1ccc(OC)c(O)c1. The molecule has 1 unspecified atom stereocenters. The first kappa shape index (κ1) is 12.8. The molecule has 0 spiro atoms. The maximum atomic E-state index is 10.0. The Bertz CT molecular complexity index is 350. The Labute approximate surface area is 95.9 Å². The number of hydrogen-bond donors (Lipinski definition) is 3. The van der Waals surface area contributed by atoms with Crippen molar-refractivity contribution in [2.45, 2.75) is 18.9 Å². The summed E-state index contributed by atoms with van der Waals surface area (Å²) in [6.45, 7) is 2.25. The molecule has 0 aromatic heterocycles. The predicted octanol–water partition coefficient (Wildman–Crippen LogP) is 0.914. The molecule has 1 atom stereocenters. The lowest BCUT2D eigenvalue weighted by Crippen LogP contribution is -2.38. The summed E-state index contributed by atoms with van der Waals surface area (Å²) in [6.07, 6.45) is 0.478. The van der Waals surface area contributed by atoms with Crippen LogP contribution in [0.2, 0.25) is 0 Å². The molecule has 0 fully saturated rings. The van der Waals surface area contributed by atoms with Crippen LogP contribution in [0.3, 0.4) is 0 Å². The number of phenols is 1. The van der Waals surface area contributed by atoms with E-state index in [2.05, 4.69) is 5.32 Å². The standard InChI is InChI=1S/C12H19NO3/c1-12(15,8-13-2)7-9-4-5-11(16-3)10(14)6-9/h4-6,13-15H,7-8H2,1-3H3. The van der Waals surface area contributed by atoms with Crippen molar-refractivity contribution in [2.75, 3.05) is 20.7 Å². The van der Waals surface area contributed by atoms with E-state index in [1.165, 1.54) is 7.11 Å². The lowest BCUT2D eigenvalue weighted by atomic mass is 9.96. The summed E-state index contributed by atoms with van der Waals surface area (Å²) in [6, 6.07) is 5.14. The zero-order chi connectivity index (χ0) is 12.2. The van der Waals surface area contributed by atoms with Crippen LogP contribution < -0.4 is 10.1 Å². The number of likely N-dealkylation sites (N-methyl/N-ethyl adjacent to an activating group) is 1. The molecule has 0 saturated heterocycles. The molecular formula is C12H19NO3. The molecule has 1 aromatic carbocycles. The normalized spacial score (nSPS) is 14.5. The van der Waals surface area contributed by atoms with Crippen molar-refractivity contribution in [2.24, 2.45) is 0 Å². The first-order chi connectivity index (χ1) is 7.48. The third-order valence-electron chi connectivity index (χ3n) is 2.39. The Morgan fingerprint density at radius 3 is 2.62 bits per heavy atom. The van der Waals surface area contributed by atoms with Gasteiger partial charge in [-0.2, -0.15) is 0 Å². The van der Waals surface area contributed by atoms with Crippen LogP contribution in [-0.4, -0.2) is 36.5 Å². The predicted molar refractivity (Wildman–Crippen MR) is 62.9 cm³/mol. The molecule has 1 rings (SSSR count). The summed E-state index contributed by atoms with van der Waals surface area (Å²) in [7, 11) is 3.30. The average molecular weight is 225 g/mol. The number of benzene rings is 1. The second-order valence-corrected chi connectivity index (χ2v) is 4.21. The van der Waals surface area contributed by atoms with Gasteiger partial charge in [0.15, 0.2) is 11.5 Å². The average Bonchev–Trinajstić information content (AvgIpc) is 2.17. The molecule has 0 radical (unpaired) electrons. The molecule has 0 aliphatic heterocycles. The lowest BCUT2D eigenvalue weighted by molar-refractivity contribution is 0.0622. The highest BCUT2D eigenvalue weighted by Crippen LogP contribution is 2.27. The molecule has 3 N–H and O–H groups in total. The van der Waals surface area contributed by atoms with Crippen LogP contribution in [-0.2, 0) is 6.42 Å². The van der Waals surface area contributed by atoms with Gasteiger partial charge in [0, 0.05) is 13.0 Å². The van der Waals surface area contributed by atoms with E-state index in [0.29, 0.717) is 18.7 Å². The van der Waals surface area contributed by atoms with Gasteiger partial charge in [0.25, 0.3) is 0 Å². The third-order valence-corrected chi connectivity index (χ3v) is 2.39. The van der Waals surface area contributed by atoms with E-state index in [1.807, 2.05) is 6.07 Å². The second kappa shape index (κ2) is 5.18. The maximum Gasteiger partial charge on any atom is 0.160 e. The second-order valence-electron chi connectivity index (χ2n) is 4.21. The van der Waals surface area contributed by atoms with Gasteiger partial charge in [0.2, 0.25) is 0 Å². The molecule has 4 nitrogen and oxygen atoms in total. The monoisotopic (exact) mass is 225 g/mol. The lowest BCUT2D eigenvalue weighted by Gasteiger charge is -2.23. The Balaban J connectivity index is 2.78.